The number of aryl methyl sites for hydroxylation is 2. The van der Waals surface area contributed by atoms with Crippen LogP contribution in [0.15, 0.2) is 10.2 Å². The average molecular weight is 151 g/mol. The third kappa shape index (κ3) is 2.03. The summed E-state index contributed by atoms with van der Waals surface area (Å²) in [6, 6.07) is 0. The lowest BCUT2D eigenvalue weighted by Gasteiger charge is -1.94. The molecule has 0 bridgehead atoms. The summed E-state index contributed by atoms with van der Waals surface area (Å²) >= 11 is 0. The molecule has 1 aromatic rings. The Hall–Kier alpha value is -1.39. The van der Waals surface area contributed by atoms with Gasteiger partial charge in [0, 0.05) is 7.05 Å². The first-order valence-electron chi connectivity index (χ1n) is 3.21. The zero-order chi connectivity index (χ0) is 8.27. The van der Waals surface area contributed by atoms with E-state index in [-0.39, 0.29) is 0 Å². The van der Waals surface area contributed by atoms with Crippen LogP contribution < -0.4 is 0 Å². The highest BCUT2D eigenvalue weighted by Crippen LogP contribution is 2.03. The Bertz CT molecular complexity index is 260. The molecular weight excluding hydrogens is 142 g/mol. The van der Waals surface area contributed by atoms with Gasteiger partial charge in [0.2, 0.25) is 0 Å². The normalized spacial score (nSPS) is 10.8. The third-order valence-corrected chi connectivity index (χ3v) is 1.04. The van der Waals surface area contributed by atoms with E-state index in [1.807, 2.05) is 0 Å². The first-order valence-corrected chi connectivity index (χ1v) is 3.21. The fourth-order valence-corrected chi connectivity index (χ4v) is 0.733. The molecule has 0 saturated carbocycles. The molecule has 0 amide bonds. The molecule has 0 spiro atoms. The minimum Gasteiger partial charge on any atom is -0.218 e. The van der Waals surface area contributed by atoms with E-state index >= 15 is 0 Å². The van der Waals surface area contributed by atoms with Crippen LogP contribution in [0.4, 0.5) is 5.95 Å². The largest absolute Gasteiger partial charge is 0.271 e. The van der Waals surface area contributed by atoms with Gasteiger partial charge in [0.15, 0.2) is 0 Å². The van der Waals surface area contributed by atoms with E-state index in [0.29, 0.717) is 17.6 Å². The Morgan fingerprint density at radius 3 is 2.00 bits per heavy atom. The fraction of sp³-hybridized carbons (Fsp3) is 0.500. The van der Waals surface area contributed by atoms with E-state index in [2.05, 4.69) is 25.2 Å². The van der Waals surface area contributed by atoms with E-state index in [1.165, 1.54) is 0 Å². The summed E-state index contributed by atoms with van der Waals surface area (Å²) in [4.78, 5) is 11.9. The number of hydrogen-bond acceptors (Lipinski definition) is 5. The maximum absolute atomic E-state index is 3.99. The van der Waals surface area contributed by atoms with Gasteiger partial charge in [0.25, 0.3) is 5.95 Å². The second-order valence-corrected chi connectivity index (χ2v) is 2.03. The monoisotopic (exact) mass is 151 g/mol. The Kier molecular flexibility index (Phi) is 2.20. The molecule has 0 radical (unpaired) electrons. The van der Waals surface area contributed by atoms with Gasteiger partial charge >= 0.3 is 0 Å². The average Bonchev–Trinajstić information content (AvgIpc) is 1.85. The van der Waals surface area contributed by atoms with E-state index in [1.54, 1.807) is 20.9 Å². The van der Waals surface area contributed by atoms with Crippen molar-refractivity contribution in [2.75, 3.05) is 7.05 Å². The molecule has 1 rings (SSSR count). The molecule has 0 N–H and O–H groups in total. The number of rotatable bonds is 1. The van der Waals surface area contributed by atoms with Crippen molar-refractivity contribution in [2.45, 2.75) is 13.8 Å². The topological polar surface area (TPSA) is 63.4 Å². The molecule has 0 atom stereocenters. The summed E-state index contributed by atoms with van der Waals surface area (Å²) in [5.41, 5.74) is 0. The lowest BCUT2D eigenvalue weighted by molar-refractivity contribution is 0.898. The van der Waals surface area contributed by atoms with E-state index in [0.717, 1.165) is 0 Å². The maximum Gasteiger partial charge on any atom is 0.271 e. The Morgan fingerprint density at radius 1 is 1.00 bits per heavy atom. The summed E-state index contributed by atoms with van der Waals surface area (Å²) in [5, 5.41) is 7.25. The molecule has 11 heavy (non-hydrogen) atoms. The second-order valence-electron chi connectivity index (χ2n) is 2.03. The molecule has 0 unspecified atom stereocenters. The van der Waals surface area contributed by atoms with Crippen LogP contribution in [0.3, 0.4) is 0 Å². The van der Waals surface area contributed by atoms with Gasteiger partial charge in [0.1, 0.15) is 11.6 Å². The molecule has 0 saturated heterocycles. The van der Waals surface area contributed by atoms with Crippen LogP contribution in [0.2, 0.25) is 0 Å². The van der Waals surface area contributed by atoms with Crippen molar-refractivity contribution >= 4 is 5.95 Å². The van der Waals surface area contributed by atoms with Gasteiger partial charge in [0.05, 0.1) is 0 Å². The van der Waals surface area contributed by atoms with Crippen molar-refractivity contribution in [3.63, 3.8) is 0 Å². The summed E-state index contributed by atoms with van der Waals surface area (Å²) in [6.45, 7) is 3.59. The SMILES string of the molecule is CN=Nc1nc(C)nc(C)n1. The highest BCUT2D eigenvalue weighted by molar-refractivity contribution is 5.12. The van der Waals surface area contributed by atoms with E-state index in [9.17, 15) is 0 Å². The summed E-state index contributed by atoms with van der Waals surface area (Å²) in [7, 11) is 1.58. The van der Waals surface area contributed by atoms with Crippen molar-refractivity contribution in [3.8, 4) is 0 Å². The van der Waals surface area contributed by atoms with Crippen molar-refractivity contribution in [2.24, 2.45) is 10.2 Å². The Morgan fingerprint density at radius 2 is 1.55 bits per heavy atom. The molecule has 0 aliphatic carbocycles. The molecule has 0 aliphatic heterocycles. The van der Waals surface area contributed by atoms with E-state index in [4.69, 9.17) is 0 Å². The van der Waals surface area contributed by atoms with Crippen molar-refractivity contribution in [1.82, 2.24) is 15.0 Å². The maximum atomic E-state index is 3.99. The molecular formula is C6H9N5. The van der Waals surface area contributed by atoms with Gasteiger partial charge in [-0.1, -0.05) is 0 Å². The lowest BCUT2D eigenvalue weighted by Crippen LogP contribution is -1.93. The van der Waals surface area contributed by atoms with Gasteiger partial charge in [-0.2, -0.15) is 15.1 Å². The van der Waals surface area contributed by atoms with Crippen molar-refractivity contribution in [3.05, 3.63) is 11.6 Å². The molecule has 5 nitrogen and oxygen atoms in total. The zero-order valence-electron chi connectivity index (χ0n) is 6.74. The third-order valence-electron chi connectivity index (χ3n) is 1.04. The molecule has 5 heteroatoms. The smallest absolute Gasteiger partial charge is 0.218 e. The zero-order valence-corrected chi connectivity index (χ0v) is 6.74. The molecule has 58 valence electrons. The predicted octanol–water partition coefficient (Wildman–Crippen LogP) is 1.20. The van der Waals surface area contributed by atoms with Crippen LogP contribution in [-0.4, -0.2) is 22.0 Å². The molecule has 1 aromatic heterocycles. The predicted molar refractivity (Wildman–Crippen MR) is 39.7 cm³/mol. The van der Waals surface area contributed by atoms with Crippen LogP contribution in [0.25, 0.3) is 0 Å². The quantitative estimate of drug-likeness (QED) is 0.566. The second kappa shape index (κ2) is 3.14. The summed E-state index contributed by atoms with van der Waals surface area (Å²) < 4.78 is 0. The van der Waals surface area contributed by atoms with Gasteiger partial charge in [-0.25, -0.2) is 4.98 Å². The van der Waals surface area contributed by atoms with Crippen molar-refractivity contribution in [1.29, 1.82) is 0 Å². The molecule has 0 aromatic carbocycles. The highest BCUT2D eigenvalue weighted by Gasteiger charge is 1.96. The number of nitrogens with zero attached hydrogens (tertiary/aromatic N) is 5. The number of aromatic nitrogens is 3. The summed E-state index contributed by atoms with van der Waals surface area (Å²) in [5.74, 6) is 1.71. The van der Waals surface area contributed by atoms with Crippen LogP contribution >= 0.6 is 0 Å². The Balaban J connectivity index is 3.08. The van der Waals surface area contributed by atoms with Gasteiger partial charge in [-0.05, 0) is 13.8 Å². The molecule has 1 heterocycles. The number of azo groups is 1. The first-order chi connectivity index (χ1) is 5.22. The van der Waals surface area contributed by atoms with Crippen LogP contribution in [0.5, 0.6) is 0 Å². The minimum atomic E-state index is 0.373. The summed E-state index contributed by atoms with van der Waals surface area (Å²) in [6.07, 6.45) is 0. The van der Waals surface area contributed by atoms with Gasteiger partial charge in [-0.15, -0.1) is 5.11 Å². The lowest BCUT2D eigenvalue weighted by atomic mass is 10.6. The van der Waals surface area contributed by atoms with Crippen LogP contribution in [0, 0.1) is 13.8 Å². The van der Waals surface area contributed by atoms with Gasteiger partial charge < -0.3 is 0 Å². The van der Waals surface area contributed by atoms with E-state index < -0.39 is 0 Å². The minimum absolute atomic E-state index is 0.373. The van der Waals surface area contributed by atoms with Gasteiger partial charge in [-0.3, -0.25) is 0 Å². The Labute approximate surface area is 64.6 Å². The molecule has 0 aliphatic rings. The first kappa shape index (κ1) is 7.71. The number of hydrogen-bond donors (Lipinski definition) is 0. The highest BCUT2D eigenvalue weighted by atomic mass is 15.2. The van der Waals surface area contributed by atoms with Crippen LogP contribution in [0.1, 0.15) is 11.6 Å². The molecule has 0 fully saturated rings. The standard InChI is InChI=1S/C6H9N5/c1-4-8-5(2)10-6(9-4)11-7-3/h1-3H3. The fourth-order valence-electron chi connectivity index (χ4n) is 0.733. The van der Waals surface area contributed by atoms with Crippen LogP contribution in [-0.2, 0) is 0 Å². The van der Waals surface area contributed by atoms with Crippen molar-refractivity contribution < 1.29 is 0 Å².